The zero-order valence-corrected chi connectivity index (χ0v) is 10.8. The zero-order valence-electron chi connectivity index (χ0n) is 10.8. The van der Waals surface area contributed by atoms with Crippen LogP contribution in [0, 0.1) is 0 Å². The molecule has 0 unspecified atom stereocenters. The molecule has 0 radical (unpaired) electrons. The molecule has 0 saturated carbocycles. The van der Waals surface area contributed by atoms with Crippen molar-refractivity contribution in [3.8, 4) is 0 Å². The molecular weight excluding hydrogens is 216 g/mol. The van der Waals surface area contributed by atoms with Crippen molar-refractivity contribution in [1.82, 2.24) is 10.2 Å². The lowest BCUT2D eigenvalue weighted by atomic mass is 10.2. The molecule has 0 aromatic rings. The molecule has 0 aromatic carbocycles. The number of nitrogens with one attached hydrogen (secondary N) is 1. The summed E-state index contributed by atoms with van der Waals surface area (Å²) in [4.78, 5) is 17.8. The predicted octanol–water partition coefficient (Wildman–Crippen LogP) is 1.58. The third-order valence-corrected chi connectivity index (χ3v) is 2.37. The minimum atomic E-state index is -0.152. The summed E-state index contributed by atoms with van der Waals surface area (Å²) in [5.74, 6) is 0.555. The maximum absolute atomic E-state index is 11.8. The average molecular weight is 236 g/mol. The van der Waals surface area contributed by atoms with Crippen LogP contribution in [0.3, 0.4) is 0 Å². The molecule has 0 aliphatic carbocycles. The van der Waals surface area contributed by atoms with Crippen LogP contribution in [0.25, 0.3) is 0 Å². The van der Waals surface area contributed by atoms with Crippen LogP contribution in [0.5, 0.6) is 0 Å². The molecule has 0 fully saturated rings. The van der Waals surface area contributed by atoms with Crippen LogP contribution in [0.15, 0.2) is 28.7 Å². The van der Waals surface area contributed by atoms with E-state index in [2.05, 4.69) is 10.3 Å². The second-order valence-electron chi connectivity index (χ2n) is 4.22. The summed E-state index contributed by atoms with van der Waals surface area (Å²) in [6, 6.07) is -0.132. The molecule has 1 aliphatic heterocycles. The predicted molar refractivity (Wildman–Crippen MR) is 69.5 cm³/mol. The first-order valence-corrected chi connectivity index (χ1v) is 5.71. The summed E-state index contributed by atoms with van der Waals surface area (Å²) in [5.41, 5.74) is 7.32. The van der Waals surface area contributed by atoms with Crippen LogP contribution >= 0.6 is 0 Å². The number of nitrogens with zero attached hydrogens (tertiary/aromatic N) is 2. The van der Waals surface area contributed by atoms with E-state index in [-0.39, 0.29) is 12.1 Å². The molecule has 1 rings (SSSR count). The van der Waals surface area contributed by atoms with Gasteiger partial charge in [-0.2, -0.15) is 0 Å². The second kappa shape index (κ2) is 5.52. The van der Waals surface area contributed by atoms with E-state index in [0.717, 1.165) is 5.71 Å². The van der Waals surface area contributed by atoms with Crippen molar-refractivity contribution in [2.24, 2.45) is 10.7 Å². The molecular formula is C12H20N4O. The van der Waals surface area contributed by atoms with Gasteiger partial charge in [0.2, 0.25) is 0 Å². The molecule has 0 aromatic heterocycles. The summed E-state index contributed by atoms with van der Waals surface area (Å²) in [5, 5.41) is 2.72. The van der Waals surface area contributed by atoms with Gasteiger partial charge < -0.3 is 11.1 Å². The van der Waals surface area contributed by atoms with Crippen LogP contribution in [0.1, 0.15) is 27.7 Å². The molecule has 3 N–H and O–H groups in total. The van der Waals surface area contributed by atoms with E-state index in [1.807, 2.05) is 39.8 Å². The SMILES string of the molecule is C/C=C\C(C)=N/C1=C(N)CNC(=O)N1C(C)C. The fourth-order valence-electron chi connectivity index (χ4n) is 1.64. The summed E-state index contributed by atoms with van der Waals surface area (Å²) < 4.78 is 0. The second-order valence-corrected chi connectivity index (χ2v) is 4.22. The summed E-state index contributed by atoms with van der Waals surface area (Å²) >= 11 is 0. The molecule has 0 spiro atoms. The van der Waals surface area contributed by atoms with Crippen molar-refractivity contribution in [1.29, 1.82) is 0 Å². The third kappa shape index (κ3) is 3.09. The highest BCUT2D eigenvalue weighted by Crippen LogP contribution is 2.17. The lowest BCUT2D eigenvalue weighted by Gasteiger charge is -2.32. The Labute approximate surface area is 102 Å². The Morgan fingerprint density at radius 1 is 1.59 bits per heavy atom. The fraction of sp³-hybridized carbons (Fsp3) is 0.500. The van der Waals surface area contributed by atoms with Gasteiger partial charge in [0.15, 0.2) is 5.82 Å². The molecule has 0 bridgehead atoms. The normalized spacial score (nSPS) is 18.3. The van der Waals surface area contributed by atoms with Crippen molar-refractivity contribution in [2.45, 2.75) is 33.7 Å². The molecule has 0 atom stereocenters. The number of hydrogen-bond donors (Lipinski definition) is 2. The minimum Gasteiger partial charge on any atom is -0.398 e. The van der Waals surface area contributed by atoms with Crippen molar-refractivity contribution >= 4 is 11.7 Å². The van der Waals surface area contributed by atoms with Gasteiger partial charge in [0.1, 0.15) is 0 Å². The van der Waals surface area contributed by atoms with E-state index in [4.69, 9.17) is 5.73 Å². The van der Waals surface area contributed by atoms with Crippen LogP contribution in [-0.2, 0) is 0 Å². The minimum absolute atomic E-state index is 0.0195. The van der Waals surface area contributed by atoms with Crippen LogP contribution in [-0.4, -0.2) is 29.2 Å². The summed E-state index contributed by atoms with van der Waals surface area (Å²) in [6.07, 6.45) is 3.78. The highest BCUT2D eigenvalue weighted by Gasteiger charge is 2.27. The van der Waals surface area contributed by atoms with Gasteiger partial charge in [0.05, 0.1) is 12.2 Å². The molecule has 94 valence electrons. The van der Waals surface area contributed by atoms with Gasteiger partial charge in [-0.15, -0.1) is 0 Å². The molecule has 2 amide bonds. The number of amides is 2. The Morgan fingerprint density at radius 2 is 2.24 bits per heavy atom. The quantitative estimate of drug-likeness (QED) is 0.730. The average Bonchev–Trinajstić information content (AvgIpc) is 2.23. The van der Waals surface area contributed by atoms with E-state index in [1.165, 1.54) is 0 Å². The highest BCUT2D eigenvalue weighted by molar-refractivity contribution is 5.94. The molecule has 5 nitrogen and oxygen atoms in total. The highest BCUT2D eigenvalue weighted by atomic mass is 16.2. The van der Waals surface area contributed by atoms with Crippen molar-refractivity contribution < 1.29 is 4.79 Å². The van der Waals surface area contributed by atoms with E-state index in [0.29, 0.717) is 18.1 Å². The zero-order chi connectivity index (χ0) is 13.0. The van der Waals surface area contributed by atoms with E-state index < -0.39 is 0 Å². The maximum Gasteiger partial charge on any atom is 0.323 e. The Bertz CT molecular complexity index is 393. The largest absolute Gasteiger partial charge is 0.398 e. The monoisotopic (exact) mass is 236 g/mol. The smallest absolute Gasteiger partial charge is 0.323 e. The molecule has 5 heteroatoms. The third-order valence-electron chi connectivity index (χ3n) is 2.37. The van der Waals surface area contributed by atoms with Gasteiger partial charge in [0, 0.05) is 11.8 Å². The maximum atomic E-state index is 11.8. The van der Waals surface area contributed by atoms with Gasteiger partial charge in [0.25, 0.3) is 0 Å². The number of rotatable bonds is 3. The Kier molecular flexibility index (Phi) is 4.31. The van der Waals surface area contributed by atoms with Gasteiger partial charge in [-0.1, -0.05) is 6.08 Å². The summed E-state index contributed by atoms with van der Waals surface area (Å²) in [7, 11) is 0. The van der Waals surface area contributed by atoms with Gasteiger partial charge >= 0.3 is 6.03 Å². The van der Waals surface area contributed by atoms with Gasteiger partial charge in [-0.25, -0.2) is 9.79 Å². The lowest BCUT2D eigenvalue weighted by Crippen LogP contribution is -2.49. The molecule has 1 aliphatic rings. The van der Waals surface area contributed by atoms with Crippen LogP contribution < -0.4 is 11.1 Å². The number of carbonyl (C=O) groups excluding carboxylic acids is 1. The number of urea groups is 1. The number of nitrogens with two attached hydrogens (primary N) is 1. The van der Waals surface area contributed by atoms with Gasteiger partial charge in [-0.05, 0) is 33.8 Å². The van der Waals surface area contributed by atoms with E-state index >= 15 is 0 Å². The molecule has 0 saturated heterocycles. The molecule has 1 heterocycles. The first-order valence-electron chi connectivity index (χ1n) is 5.71. The van der Waals surface area contributed by atoms with Crippen LogP contribution in [0.4, 0.5) is 4.79 Å². The Balaban J connectivity index is 3.14. The standard InChI is InChI=1S/C12H20N4O/c1-5-6-9(4)15-11-10(13)7-14-12(17)16(11)8(2)3/h5-6,8H,7,13H2,1-4H3,(H,14,17)/b6-5-,15-9-. The number of hydrogen-bond acceptors (Lipinski definition) is 3. The van der Waals surface area contributed by atoms with Crippen molar-refractivity contribution in [3.05, 3.63) is 23.7 Å². The Morgan fingerprint density at radius 3 is 2.76 bits per heavy atom. The van der Waals surface area contributed by atoms with E-state index in [9.17, 15) is 4.79 Å². The van der Waals surface area contributed by atoms with Crippen molar-refractivity contribution in [3.63, 3.8) is 0 Å². The van der Waals surface area contributed by atoms with Gasteiger partial charge in [-0.3, -0.25) is 4.90 Å². The van der Waals surface area contributed by atoms with Crippen molar-refractivity contribution in [2.75, 3.05) is 6.54 Å². The van der Waals surface area contributed by atoms with E-state index in [1.54, 1.807) is 4.90 Å². The number of allylic oxidation sites excluding steroid dienone is 2. The number of aliphatic imine (C=N–C) groups is 1. The Hall–Kier alpha value is -1.78. The lowest BCUT2D eigenvalue weighted by molar-refractivity contribution is 0.195. The summed E-state index contributed by atoms with van der Waals surface area (Å²) in [6.45, 7) is 8.01. The topological polar surface area (TPSA) is 70.7 Å². The number of carbonyl (C=O) groups is 1. The van der Waals surface area contributed by atoms with Crippen LogP contribution in [0.2, 0.25) is 0 Å². The fourth-order valence-corrected chi connectivity index (χ4v) is 1.64. The first kappa shape index (κ1) is 13.3. The first-order chi connectivity index (χ1) is 7.97. The molecule has 17 heavy (non-hydrogen) atoms.